The van der Waals surface area contributed by atoms with Crippen molar-refractivity contribution in [3.63, 3.8) is 0 Å². The molecule has 1 N–H and O–H groups in total. The summed E-state index contributed by atoms with van der Waals surface area (Å²) in [6.45, 7) is 7.69. The number of halogens is 1. The molecular weight excluding hydrogens is 318 g/mol. The first-order valence-corrected chi connectivity index (χ1v) is 7.85. The maximum atomic E-state index is 5.96. The van der Waals surface area contributed by atoms with Crippen LogP contribution in [0.1, 0.15) is 41.3 Å². The minimum absolute atomic E-state index is 0.683. The largest absolute Gasteiger partial charge is 0.462 e. The van der Waals surface area contributed by atoms with Gasteiger partial charge in [0, 0.05) is 6.04 Å². The lowest BCUT2D eigenvalue weighted by Gasteiger charge is -2.02. The van der Waals surface area contributed by atoms with E-state index in [4.69, 9.17) is 4.42 Å². The van der Waals surface area contributed by atoms with Gasteiger partial charge in [-0.2, -0.15) is 5.10 Å². The SMILES string of the molecule is Cc1cc(Cn2nc(C)c(Br)c2C)oc1CNC1CC1. The Bertz CT molecular complexity index is 625. The van der Waals surface area contributed by atoms with Gasteiger partial charge in [-0.15, -0.1) is 0 Å². The average molecular weight is 338 g/mol. The van der Waals surface area contributed by atoms with E-state index in [1.54, 1.807) is 0 Å². The van der Waals surface area contributed by atoms with Gasteiger partial charge in [0.1, 0.15) is 11.5 Å². The average Bonchev–Trinajstić information content (AvgIpc) is 3.13. The summed E-state index contributed by atoms with van der Waals surface area (Å²) in [4.78, 5) is 0. The summed E-state index contributed by atoms with van der Waals surface area (Å²) >= 11 is 3.56. The van der Waals surface area contributed by atoms with Gasteiger partial charge in [-0.3, -0.25) is 4.68 Å². The fraction of sp³-hybridized carbons (Fsp3) is 0.533. The minimum Gasteiger partial charge on any atom is -0.462 e. The number of nitrogens with zero attached hydrogens (tertiary/aromatic N) is 2. The highest BCUT2D eigenvalue weighted by molar-refractivity contribution is 9.10. The first-order chi connectivity index (χ1) is 9.54. The molecule has 2 heterocycles. The minimum atomic E-state index is 0.683. The van der Waals surface area contributed by atoms with Crippen LogP contribution in [0.2, 0.25) is 0 Å². The van der Waals surface area contributed by atoms with E-state index in [1.165, 1.54) is 18.4 Å². The molecule has 0 spiro atoms. The summed E-state index contributed by atoms with van der Waals surface area (Å²) in [6, 6.07) is 2.82. The lowest BCUT2D eigenvalue weighted by Crippen LogP contribution is -2.15. The number of aromatic nitrogens is 2. The molecule has 4 nitrogen and oxygen atoms in total. The summed E-state index contributed by atoms with van der Waals surface area (Å²) in [5, 5.41) is 8.01. The lowest BCUT2D eigenvalue weighted by atomic mass is 10.2. The Kier molecular flexibility index (Phi) is 3.73. The molecule has 20 heavy (non-hydrogen) atoms. The van der Waals surface area contributed by atoms with E-state index in [0.717, 1.165) is 33.9 Å². The molecule has 0 bridgehead atoms. The van der Waals surface area contributed by atoms with Crippen LogP contribution in [-0.2, 0) is 13.1 Å². The predicted molar refractivity (Wildman–Crippen MR) is 81.8 cm³/mol. The highest BCUT2D eigenvalue weighted by Crippen LogP contribution is 2.23. The molecule has 0 amide bonds. The molecular formula is C15H20BrN3O. The Labute approximate surface area is 127 Å². The van der Waals surface area contributed by atoms with Gasteiger partial charge in [0.05, 0.1) is 29.0 Å². The fourth-order valence-electron chi connectivity index (χ4n) is 2.34. The van der Waals surface area contributed by atoms with Gasteiger partial charge in [0.15, 0.2) is 0 Å². The van der Waals surface area contributed by atoms with Gasteiger partial charge in [0.25, 0.3) is 0 Å². The van der Waals surface area contributed by atoms with Crippen molar-refractivity contribution in [1.29, 1.82) is 0 Å². The van der Waals surface area contributed by atoms with Crippen LogP contribution >= 0.6 is 15.9 Å². The third-order valence-electron chi connectivity index (χ3n) is 3.80. The Balaban J connectivity index is 1.73. The third-order valence-corrected chi connectivity index (χ3v) is 4.95. The Morgan fingerprint density at radius 1 is 1.40 bits per heavy atom. The summed E-state index contributed by atoms with van der Waals surface area (Å²) in [5.41, 5.74) is 3.37. The van der Waals surface area contributed by atoms with E-state index < -0.39 is 0 Å². The lowest BCUT2D eigenvalue weighted by molar-refractivity contribution is 0.426. The topological polar surface area (TPSA) is 43.0 Å². The predicted octanol–water partition coefficient (Wildman–Crippen LogP) is 3.46. The van der Waals surface area contributed by atoms with E-state index in [-0.39, 0.29) is 0 Å². The quantitative estimate of drug-likeness (QED) is 0.908. The molecule has 1 saturated carbocycles. The van der Waals surface area contributed by atoms with Gasteiger partial charge in [-0.25, -0.2) is 0 Å². The van der Waals surface area contributed by atoms with Crippen LogP contribution in [0.5, 0.6) is 0 Å². The Morgan fingerprint density at radius 2 is 2.15 bits per heavy atom. The molecule has 2 aromatic rings. The van der Waals surface area contributed by atoms with E-state index in [9.17, 15) is 0 Å². The molecule has 3 rings (SSSR count). The Morgan fingerprint density at radius 3 is 2.75 bits per heavy atom. The number of rotatable bonds is 5. The van der Waals surface area contributed by atoms with Crippen molar-refractivity contribution in [3.8, 4) is 0 Å². The molecule has 0 saturated heterocycles. The van der Waals surface area contributed by atoms with Crippen molar-refractivity contribution < 1.29 is 4.42 Å². The van der Waals surface area contributed by atoms with Crippen molar-refractivity contribution in [1.82, 2.24) is 15.1 Å². The van der Waals surface area contributed by atoms with Crippen LogP contribution in [0.25, 0.3) is 0 Å². The number of aryl methyl sites for hydroxylation is 2. The summed E-state index contributed by atoms with van der Waals surface area (Å²) < 4.78 is 9.02. The molecule has 0 aliphatic heterocycles. The third kappa shape index (κ3) is 2.83. The molecule has 0 atom stereocenters. The second kappa shape index (κ2) is 5.37. The van der Waals surface area contributed by atoms with Gasteiger partial charge in [0.2, 0.25) is 0 Å². The van der Waals surface area contributed by atoms with E-state index >= 15 is 0 Å². The molecule has 0 unspecified atom stereocenters. The van der Waals surface area contributed by atoms with E-state index in [1.807, 2.05) is 11.6 Å². The monoisotopic (exact) mass is 337 g/mol. The van der Waals surface area contributed by atoms with Crippen LogP contribution < -0.4 is 5.32 Å². The van der Waals surface area contributed by atoms with Crippen molar-refractivity contribution >= 4 is 15.9 Å². The number of hydrogen-bond donors (Lipinski definition) is 1. The maximum Gasteiger partial charge on any atom is 0.126 e. The second-order valence-electron chi connectivity index (χ2n) is 5.62. The van der Waals surface area contributed by atoms with E-state index in [2.05, 4.69) is 46.3 Å². The number of hydrogen-bond acceptors (Lipinski definition) is 3. The highest BCUT2D eigenvalue weighted by atomic mass is 79.9. The van der Waals surface area contributed by atoms with Crippen molar-refractivity contribution in [3.05, 3.63) is 39.0 Å². The molecule has 108 valence electrons. The molecule has 0 radical (unpaired) electrons. The molecule has 1 aliphatic carbocycles. The van der Waals surface area contributed by atoms with Crippen LogP contribution in [0.15, 0.2) is 15.0 Å². The normalized spacial score (nSPS) is 15.0. The maximum absolute atomic E-state index is 5.96. The zero-order valence-electron chi connectivity index (χ0n) is 12.2. The summed E-state index contributed by atoms with van der Waals surface area (Å²) in [7, 11) is 0. The number of nitrogens with one attached hydrogen (secondary N) is 1. The van der Waals surface area contributed by atoms with Crippen LogP contribution in [0.4, 0.5) is 0 Å². The van der Waals surface area contributed by atoms with Crippen LogP contribution in [0.3, 0.4) is 0 Å². The van der Waals surface area contributed by atoms with Gasteiger partial charge < -0.3 is 9.73 Å². The first kappa shape index (κ1) is 13.9. The fourth-order valence-corrected chi connectivity index (χ4v) is 2.63. The van der Waals surface area contributed by atoms with Gasteiger partial charge in [-0.1, -0.05) is 0 Å². The smallest absolute Gasteiger partial charge is 0.126 e. The summed E-state index contributed by atoms with van der Waals surface area (Å²) in [6.07, 6.45) is 2.60. The standard InChI is InChI=1S/C15H20BrN3O/c1-9-6-13(20-14(9)7-17-12-4-5-12)8-19-11(3)15(16)10(2)18-19/h6,12,17H,4-5,7-8H2,1-3H3. The van der Waals surface area contributed by atoms with Crippen molar-refractivity contribution in [2.75, 3.05) is 0 Å². The molecule has 0 aromatic carbocycles. The molecule has 1 fully saturated rings. The summed E-state index contributed by atoms with van der Waals surface area (Å²) in [5.74, 6) is 2.01. The highest BCUT2D eigenvalue weighted by Gasteiger charge is 2.21. The Hall–Kier alpha value is -1.07. The van der Waals surface area contributed by atoms with Crippen molar-refractivity contribution in [2.24, 2.45) is 0 Å². The number of furan rings is 1. The van der Waals surface area contributed by atoms with Gasteiger partial charge in [-0.05, 0) is 61.2 Å². The van der Waals surface area contributed by atoms with Crippen molar-refractivity contribution in [2.45, 2.75) is 52.7 Å². The zero-order chi connectivity index (χ0) is 14.3. The first-order valence-electron chi connectivity index (χ1n) is 7.05. The van der Waals surface area contributed by atoms with Gasteiger partial charge >= 0.3 is 0 Å². The van der Waals surface area contributed by atoms with Crippen LogP contribution in [-0.4, -0.2) is 15.8 Å². The molecule has 2 aromatic heterocycles. The molecule has 5 heteroatoms. The van der Waals surface area contributed by atoms with Crippen LogP contribution in [0, 0.1) is 20.8 Å². The van der Waals surface area contributed by atoms with E-state index in [0.29, 0.717) is 12.6 Å². The molecule has 1 aliphatic rings. The second-order valence-corrected chi connectivity index (χ2v) is 6.41. The zero-order valence-corrected chi connectivity index (χ0v) is 13.7.